The van der Waals surface area contributed by atoms with Gasteiger partial charge in [-0.3, -0.25) is 4.90 Å². The molecule has 0 amide bonds. The maximum atomic E-state index is 5.55. The predicted molar refractivity (Wildman–Crippen MR) is 104 cm³/mol. The molecule has 1 atom stereocenters. The topological polar surface area (TPSA) is 40.6 Å². The van der Waals surface area contributed by atoms with Crippen LogP contribution in [-0.4, -0.2) is 66.3 Å². The molecule has 0 spiro atoms. The Morgan fingerprint density at radius 1 is 1.42 bits per heavy atom. The highest BCUT2D eigenvalue weighted by Crippen LogP contribution is 2.28. The maximum Gasteiger partial charge on any atom is 0.169 e. The molecule has 1 aromatic carbocycles. The van der Waals surface area contributed by atoms with E-state index in [1.807, 2.05) is 13.1 Å². The van der Waals surface area contributed by atoms with Crippen molar-refractivity contribution < 1.29 is 4.74 Å². The van der Waals surface area contributed by atoms with Crippen molar-refractivity contribution in [3.05, 3.63) is 29.3 Å². The molecule has 1 aromatic heterocycles. The first kappa shape index (κ1) is 17.5. The van der Waals surface area contributed by atoms with Crippen molar-refractivity contribution in [2.24, 2.45) is 0 Å². The van der Waals surface area contributed by atoms with Gasteiger partial charge in [0.25, 0.3) is 0 Å². The Balaban J connectivity index is 1.52. The number of rotatable bonds is 5. The van der Waals surface area contributed by atoms with Gasteiger partial charge >= 0.3 is 0 Å². The Morgan fingerprint density at radius 2 is 2.17 bits per heavy atom. The maximum absolute atomic E-state index is 5.55. The molecule has 0 unspecified atom stereocenters. The summed E-state index contributed by atoms with van der Waals surface area (Å²) in [7, 11) is 2.03. The zero-order valence-electron chi connectivity index (χ0n) is 14.2. The number of aromatic nitrogens is 1. The minimum Gasteiger partial charge on any atom is -0.379 e. The average molecular weight is 365 g/mol. The lowest BCUT2D eigenvalue weighted by Crippen LogP contribution is -2.44. The van der Waals surface area contributed by atoms with Crippen molar-refractivity contribution in [2.45, 2.75) is 13.0 Å². The normalized spacial score (nSPS) is 16.9. The van der Waals surface area contributed by atoms with Crippen LogP contribution in [0.2, 0.25) is 0 Å². The zero-order valence-corrected chi connectivity index (χ0v) is 15.8. The van der Waals surface area contributed by atoms with Crippen LogP contribution in [0.5, 0.6) is 0 Å². The van der Waals surface area contributed by atoms with Crippen LogP contribution in [0.25, 0.3) is 10.2 Å². The van der Waals surface area contributed by atoms with Gasteiger partial charge in [0.05, 0.1) is 29.5 Å². The first-order valence-electron chi connectivity index (χ1n) is 8.31. The molecular formula is C17H24N4OS2. The van der Waals surface area contributed by atoms with Gasteiger partial charge in [0.2, 0.25) is 0 Å². The fraction of sp³-hybridized carbons (Fsp3) is 0.529. The molecule has 1 aliphatic rings. The molecule has 7 heteroatoms. The summed E-state index contributed by atoms with van der Waals surface area (Å²) < 4.78 is 6.59. The third kappa shape index (κ3) is 4.22. The molecule has 1 aliphatic heterocycles. The number of thiazole rings is 1. The van der Waals surface area contributed by atoms with Gasteiger partial charge in [-0.2, -0.15) is 0 Å². The third-order valence-corrected chi connectivity index (χ3v) is 6.02. The molecule has 24 heavy (non-hydrogen) atoms. The summed E-state index contributed by atoms with van der Waals surface area (Å²) in [6.07, 6.45) is 0. The summed E-state index contributed by atoms with van der Waals surface area (Å²) in [5.74, 6) is 0. The number of morpholine rings is 1. The minimum absolute atomic E-state index is 0.158. The molecule has 2 heterocycles. The number of ether oxygens (including phenoxy) is 1. The fourth-order valence-corrected chi connectivity index (χ4v) is 4.00. The van der Waals surface area contributed by atoms with E-state index >= 15 is 0 Å². The van der Waals surface area contributed by atoms with Gasteiger partial charge in [-0.05, 0) is 31.3 Å². The molecule has 5 nitrogen and oxygen atoms in total. The number of fused-ring (bicyclic) bond motifs is 1. The second kappa shape index (κ2) is 8.20. The van der Waals surface area contributed by atoms with Gasteiger partial charge < -0.3 is 15.0 Å². The summed E-state index contributed by atoms with van der Waals surface area (Å²) in [6.45, 7) is 7.67. The van der Waals surface area contributed by atoms with Gasteiger partial charge in [0.15, 0.2) is 5.11 Å². The zero-order chi connectivity index (χ0) is 16.9. The van der Waals surface area contributed by atoms with E-state index in [1.54, 1.807) is 11.3 Å². The quantitative estimate of drug-likeness (QED) is 0.822. The third-order valence-electron chi connectivity index (χ3n) is 4.38. The van der Waals surface area contributed by atoms with Crippen molar-refractivity contribution in [1.82, 2.24) is 20.1 Å². The fourth-order valence-electron chi connectivity index (χ4n) is 2.68. The lowest BCUT2D eigenvalue weighted by atomic mass is 10.3. The monoisotopic (exact) mass is 364 g/mol. The first-order valence-corrected chi connectivity index (χ1v) is 9.54. The first-order chi connectivity index (χ1) is 11.6. The van der Waals surface area contributed by atoms with Crippen LogP contribution in [0.15, 0.2) is 24.3 Å². The number of para-hydroxylation sites is 1. The molecule has 1 saturated heterocycles. The van der Waals surface area contributed by atoms with Crippen molar-refractivity contribution >= 4 is 38.9 Å². The smallest absolute Gasteiger partial charge is 0.169 e. The van der Waals surface area contributed by atoms with E-state index in [0.717, 1.165) is 55.0 Å². The lowest BCUT2D eigenvalue weighted by Gasteiger charge is -2.29. The molecule has 0 bridgehead atoms. The second-order valence-electron chi connectivity index (χ2n) is 5.99. The standard InChI is InChI=1S/C17H24N4OS2/c1-13(16-19-14-5-3-4-6-15(14)24-16)20(2)17(23)18-7-8-21-9-11-22-12-10-21/h3-6,13H,7-12H2,1-2H3,(H,18,23)/t13-/m0/s1. The van der Waals surface area contributed by atoms with Crippen LogP contribution in [0.4, 0.5) is 0 Å². The van der Waals surface area contributed by atoms with Crippen LogP contribution in [-0.2, 0) is 4.74 Å². The van der Waals surface area contributed by atoms with E-state index in [4.69, 9.17) is 21.9 Å². The van der Waals surface area contributed by atoms with Gasteiger partial charge in [-0.15, -0.1) is 11.3 Å². The van der Waals surface area contributed by atoms with Crippen LogP contribution >= 0.6 is 23.6 Å². The minimum atomic E-state index is 0.158. The molecule has 1 N–H and O–H groups in total. The van der Waals surface area contributed by atoms with Crippen molar-refractivity contribution in [3.63, 3.8) is 0 Å². The number of hydrogen-bond acceptors (Lipinski definition) is 5. The predicted octanol–water partition coefficient (Wildman–Crippen LogP) is 2.50. The Kier molecular flexibility index (Phi) is 5.99. The molecule has 3 rings (SSSR count). The average Bonchev–Trinajstić information content (AvgIpc) is 3.05. The molecule has 2 aromatic rings. The second-order valence-corrected chi connectivity index (χ2v) is 7.44. The van der Waals surface area contributed by atoms with E-state index in [-0.39, 0.29) is 6.04 Å². The van der Waals surface area contributed by atoms with Crippen LogP contribution in [0.3, 0.4) is 0 Å². The summed E-state index contributed by atoms with van der Waals surface area (Å²) in [5.41, 5.74) is 1.06. The number of hydrogen-bond donors (Lipinski definition) is 1. The van der Waals surface area contributed by atoms with Gasteiger partial charge in [-0.25, -0.2) is 4.98 Å². The highest BCUT2D eigenvalue weighted by molar-refractivity contribution is 7.80. The summed E-state index contributed by atoms with van der Waals surface area (Å²) in [5, 5.41) is 5.23. The van der Waals surface area contributed by atoms with E-state index in [2.05, 4.69) is 40.2 Å². The van der Waals surface area contributed by atoms with Gasteiger partial charge in [0.1, 0.15) is 5.01 Å². The van der Waals surface area contributed by atoms with Crippen LogP contribution in [0.1, 0.15) is 18.0 Å². The van der Waals surface area contributed by atoms with Gasteiger partial charge in [-0.1, -0.05) is 12.1 Å². The number of nitrogens with one attached hydrogen (secondary N) is 1. The van der Waals surface area contributed by atoms with E-state index < -0.39 is 0 Å². The lowest BCUT2D eigenvalue weighted by molar-refractivity contribution is 0.0388. The van der Waals surface area contributed by atoms with E-state index in [9.17, 15) is 0 Å². The molecule has 130 valence electrons. The van der Waals surface area contributed by atoms with Gasteiger partial charge in [0, 0.05) is 33.2 Å². The number of nitrogens with zero attached hydrogens (tertiary/aromatic N) is 3. The van der Waals surface area contributed by atoms with Crippen molar-refractivity contribution in [2.75, 3.05) is 46.4 Å². The number of benzene rings is 1. The Bertz CT molecular complexity index is 651. The van der Waals surface area contributed by atoms with Crippen molar-refractivity contribution in [3.8, 4) is 0 Å². The van der Waals surface area contributed by atoms with E-state index in [0.29, 0.717) is 0 Å². The Morgan fingerprint density at radius 3 is 2.92 bits per heavy atom. The molecule has 1 fully saturated rings. The van der Waals surface area contributed by atoms with Crippen molar-refractivity contribution in [1.29, 1.82) is 0 Å². The largest absolute Gasteiger partial charge is 0.379 e. The van der Waals surface area contributed by atoms with Crippen LogP contribution < -0.4 is 5.32 Å². The van der Waals surface area contributed by atoms with E-state index in [1.165, 1.54) is 4.70 Å². The molecular weight excluding hydrogens is 340 g/mol. The highest BCUT2D eigenvalue weighted by atomic mass is 32.1. The molecule has 0 aliphatic carbocycles. The molecule has 0 radical (unpaired) electrons. The Hall–Kier alpha value is -1.28. The SMILES string of the molecule is C[C@@H](c1nc2ccccc2s1)N(C)C(=S)NCCN1CCOCC1. The van der Waals surface area contributed by atoms with Crippen LogP contribution in [0, 0.1) is 0 Å². The summed E-state index contributed by atoms with van der Waals surface area (Å²) >= 11 is 7.28. The summed E-state index contributed by atoms with van der Waals surface area (Å²) in [4.78, 5) is 9.23. The number of thiocarbonyl (C=S) groups is 1. The molecule has 0 saturated carbocycles. The Labute approximate surface area is 152 Å². The highest BCUT2D eigenvalue weighted by Gasteiger charge is 2.18. The summed E-state index contributed by atoms with van der Waals surface area (Å²) in [6, 6.07) is 8.41.